The Kier molecular flexibility index (Phi) is 4.97. The average molecular weight is 164 g/mol. The number of carbonyl (C=O) groups is 1. The zero-order chi connectivity index (χ0) is 9.56. The van der Waals surface area contributed by atoms with Crippen LogP contribution in [-0.2, 0) is 4.79 Å². The van der Waals surface area contributed by atoms with Crippen molar-refractivity contribution in [3.63, 3.8) is 0 Å². The van der Waals surface area contributed by atoms with Crippen LogP contribution in [0.2, 0.25) is 0 Å². The third kappa shape index (κ3) is 2.84. The van der Waals surface area contributed by atoms with Gasteiger partial charge in [0.15, 0.2) is 0 Å². The Morgan fingerprint density at radius 3 is 2.33 bits per heavy atom. The predicted octanol–water partition coefficient (Wildman–Crippen LogP) is 1.61. The molecule has 0 fully saturated rings. The first-order chi connectivity index (χ1) is 5.67. The first-order valence-electron chi connectivity index (χ1n) is 3.68. The van der Waals surface area contributed by atoms with Crippen LogP contribution in [0.25, 0.3) is 0 Å². The first kappa shape index (κ1) is 10.8. The molecule has 2 heteroatoms. The largest absolute Gasteiger partial charge is 0.319 e. The molecule has 2 N–H and O–H groups in total. The zero-order valence-corrected chi connectivity index (χ0v) is 7.12. The summed E-state index contributed by atoms with van der Waals surface area (Å²) in [5.41, 5.74) is 5.53. The Hall–Kier alpha value is -1.15. The summed E-state index contributed by atoms with van der Waals surface area (Å²) in [5.74, 6) is -0.419. The van der Waals surface area contributed by atoms with Crippen molar-refractivity contribution in [2.24, 2.45) is 11.7 Å². The molecule has 65 valence electrons. The maximum atomic E-state index is 11.3. The fraction of sp³-hybridized carbons (Fsp3) is 0.200. The van der Waals surface area contributed by atoms with Crippen molar-refractivity contribution in [3.05, 3.63) is 44.0 Å². The fourth-order valence-electron chi connectivity index (χ4n) is 0.850. The molecule has 0 saturated heterocycles. The average Bonchev–Trinajstić information content (AvgIpc) is 2.06. The minimum Gasteiger partial charge on any atom is -0.319 e. The van der Waals surface area contributed by atoms with Gasteiger partial charge in [0, 0.05) is 6.42 Å². The second-order valence-corrected chi connectivity index (χ2v) is 2.38. The maximum absolute atomic E-state index is 11.3. The van der Waals surface area contributed by atoms with Crippen LogP contribution >= 0.6 is 0 Å². The molecule has 1 atom stereocenters. The Labute approximate surface area is 73.5 Å². The van der Waals surface area contributed by atoms with E-state index < -0.39 is 5.92 Å². The first-order valence-corrected chi connectivity index (χ1v) is 3.68. The molecule has 0 amide bonds. The molecular formula is C10H14NO. The van der Waals surface area contributed by atoms with Crippen molar-refractivity contribution in [2.75, 3.05) is 0 Å². The summed E-state index contributed by atoms with van der Waals surface area (Å²) in [6, 6.07) is 0.442. The topological polar surface area (TPSA) is 43.1 Å². The van der Waals surface area contributed by atoms with Crippen LogP contribution in [0.5, 0.6) is 0 Å². The summed E-state index contributed by atoms with van der Waals surface area (Å²) in [6.45, 7) is 10.5. The van der Waals surface area contributed by atoms with E-state index in [4.69, 9.17) is 5.73 Å². The number of hydrogen-bond acceptors (Lipinski definition) is 2. The van der Waals surface area contributed by atoms with Gasteiger partial charge >= 0.3 is 0 Å². The maximum Gasteiger partial charge on any atom is 0.145 e. The smallest absolute Gasteiger partial charge is 0.145 e. The minimum absolute atomic E-state index is 0.00241. The monoisotopic (exact) mass is 164 g/mol. The van der Waals surface area contributed by atoms with Crippen molar-refractivity contribution < 1.29 is 4.79 Å². The third-order valence-corrected chi connectivity index (χ3v) is 1.52. The Morgan fingerprint density at radius 2 is 2.00 bits per heavy atom. The summed E-state index contributed by atoms with van der Waals surface area (Å²) in [6.07, 6.45) is 4.84. The van der Waals surface area contributed by atoms with Gasteiger partial charge in [-0.05, 0) is 0 Å². The van der Waals surface area contributed by atoms with Gasteiger partial charge in [-0.1, -0.05) is 18.2 Å². The lowest BCUT2D eigenvalue weighted by atomic mass is 9.94. The van der Waals surface area contributed by atoms with E-state index in [2.05, 4.69) is 19.7 Å². The number of hydrogen-bond donors (Lipinski definition) is 1. The van der Waals surface area contributed by atoms with Gasteiger partial charge < -0.3 is 5.73 Å². The quantitative estimate of drug-likeness (QED) is 0.606. The summed E-state index contributed by atoms with van der Waals surface area (Å²) < 4.78 is 0. The van der Waals surface area contributed by atoms with Crippen LogP contribution in [-0.4, -0.2) is 5.78 Å². The van der Waals surface area contributed by atoms with Crippen LogP contribution in [0.3, 0.4) is 0 Å². The van der Waals surface area contributed by atoms with Crippen molar-refractivity contribution in [2.45, 2.75) is 6.42 Å². The number of allylic oxidation sites excluding steroid dienone is 1. The van der Waals surface area contributed by atoms with Gasteiger partial charge in [0.2, 0.25) is 0 Å². The van der Waals surface area contributed by atoms with Crippen LogP contribution < -0.4 is 5.73 Å². The molecule has 0 aromatic carbocycles. The molecule has 0 aromatic rings. The summed E-state index contributed by atoms with van der Waals surface area (Å²) in [7, 11) is 0. The van der Waals surface area contributed by atoms with Crippen molar-refractivity contribution in [3.8, 4) is 0 Å². The Bertz CT molecular complexity index is 196. The van der Waals surface area contributed by atoms with E-state index in [-0.39, 0.29) is 5.78 Å². The highest BCUT2D eigenvalue weighted by Gasteiger charge is 2.19. The highest BCUT2D eigenvalue weighted by atomic mass is 16.1. The molecule has 0 aliphatic carbocycles. The SMILES string of the molecule is C=CCC(=O)C(C=C)[C](N)C=C. The zero-order valence-electron chi connectivity index (χ0n) is 7.12. The number of rotatable bonds is 6. The molecule has 0 aromatic heterocycles. The molecule has 0 aliphatic rings. The van der Waals surface area contributed by atoms with Crippen LogP contribution in [0, 0.1) is 12.0 Å². The van der Waals surface area contributed by atoms with Gasteiger partial charge in [0.05, 0.1) is 12.0 Å². The lowest BCUT2D eigenvalue weighted by molar-refractivity contribution is -0.120. The van der Waals surface area contributed by atoms with E-state index in [1.54, 1.807) is 6.08 Å². The lowest BCUT2D eigenvalue weighted by Crippen LogP contribution is -2.24. The summed E-state index contributed by atoms with van der Waals surface area (Å²) >= 11 is 0. The van der Waals surface area contributed by atoms with Crippen LogP contribution in [0.1, 0.15) is 6.42 Å². The van der Waals surface area contributed by atoms with Crippen LogP contribution in [0.15, 0.2) is 38.0 Å². The normalized spacial score (nSPS) is 12.2. The van der Waals surface area contributed by atoms with Gasteiger partial charge in [0.25, 0.3) is 0 Å². The second kappa shape index (κ2) is 5.49. The van der Waals surface area contributed by atoms with E-state index in [0.29, 0.717) is 12.5 Å². The van der Waals surface area contributed by atoms with E-state index in [1.807, 2.05) is 0 Å². The van der Waals surface area contributed by atoms with Crippen LogP contribution in [0.4, 0.5) is 0 Å². The number of carbonyl (C=O) groups excluding carboxylic acids is 1. The van der Waals surface area contributed by atoms with Gasteiger partial charge in [-0.3, -0.25) is 4.79 Å². The molecule has 0 bridgehead atoms. The number of ketones is 1. The highest BCUT2D eigenvalue weighted by Crippen LogP contribution is 2.13. The fourth-order valence-corrected chi connectivity index (χ4v) is 0.850. The number of Topliss-reactive ketones (excluding diaryl/α,β-unsaturated/α-hetero) is 1. The standard InChI is InChI=1S/C10H14NO/c1-4-7-10(12)8(5-2)9(11)6-3/h4-6,8H,1-3,7,11H2. The van der Waals surface area contributed by atoms with E-state index >= 15 is 0 Å². The molecule has 0 aliphatic heterocycles. The summed E-state index contributed by atoms with van der Waals surface area (Å²) in [5, 5.41) is 0. The van der Waals surface area contributed by atoms with Crippen molar-refractivity contribution in [1.29, 1.82) is 0 Å². The lowest BCUT2D eigenvalue weighted by Gasteiger charge is -2.13. The molecule has 0 saturated carbocycles. The Morgan fingerprint density at radius 1 is 1.42 bits per heavy atom. The molecule has 1 radical (unpaired) electrons. The molecule has 1 unspecified atom stereocenters. The van der Waals surface area contributed by atoms with Crippen molar-refractivity contribution in [1.82, 2.24) is 0 Å². The molecule has 12 heavy (non-hydrogen) atoms. The molecule has 0 heterocycles. The molecule has 2 nitrogen and oxygen atoms in total. The molecular weight excluding hydrogens is 150 g/mol. The minimum atomic E-state index is -0.416. The van der Waals surface area contributed by atoms with Gasteiger partial charge in [-0.25, -0.2) is 0 Å². The van der Waals surface area contributed by atoms with Gasteiger partial charge in [-0.15, -0.1) is 19.7 Å². The summed E-state index contributed by atoms with van der Waals surface area (Å²) in [4.78, 5) is 11.3. The van der Waals surface area contributed by atoms with E-state index in [0.717, 1.165) is 0 Å². The second-order valence-electron chi connectivity index (χ2n) is 2.38. The Balaban J connectivity index is 4.32. The molecule has 0 spiro atoms. The van der Waals surface area contributed by atoms with Gasteiger partial charge in [0.1, 0.15) is 5.78 Å². The highest BCUT2D eigenvalue weighted by molar-refractivity contribution is 5.86. The van der Waals surface area contributed by atoms with Crippen molar-refractivity contribution >= 4 is 5.78 Å². The number of nitrogens with two attached hydrogens (primary N) is 1. The van der Waals surface area contributed by atoms with E-state index in [9.17, 15) is 4.79 Å². The van der Waals surface area contributed by atoms with E-state index in [1.165, 1.54) is 12.2 Å². The predicted molar refractivity (Wildman–Crippen MR) is 51.1 cm³/mol. The molecule has 0 rings (SSSR count). The van der Waals surface area contributed by atoms with Gasteiger partial charge in [-0.2, -0.15) is 0 Å². The third-order valence-electron chi connectivity index (χ3n) is 1.52.